The Bertz CT molecular complexity index is 440. The van der Waals surface area contributed by atoms with E-state index in [1.54, 1.807) is 6.92 Å². The lowest BCUT2D eigenvalue weighted by molar-refractivity contribution is 0.597. The molecule has 0 saturated carbocycles. The van der Waals surface area contributed by atoms with Gasteiger partial charge >= 0.3 is 0 Å². The van der Waals surface area contributed by atoms with E-state index < -0.39 is 9.84 Å². The largest absolute Gasteiger partial charge is 0.382 e. The van der Waals surface area contributed by atoms with E-state index >= 15 is 0 Å². The van der Waals surface area contributed by atoms with Crippen molar-refractivity contribution in [1.82, 2.24) is 0 Å². The third kappa shape index (κ3) is 4.07. The van der Waals surface area contributed by atoms with E-state index in [4.69, 9.17) is 0 Å². The molecular weight excluding hydrogens is 358 g/mol. The van der Waals surface area contributed by atoms with Crippen molar-refractivity contribution >= 4 is 47.4 Å². The van der Waals surface area contributed by atoms with Crippen LogP contribution in [0.25, 0.3) is 0 Å². The topological polar surface area (TPSA) is 46.2 Å². The first-order valence-electron chi connectivity index (χ1n) is 4.84. The molecule has 0 aliphatic rings. The molecule has 1 N–H and O–H groups in total. The van der Waals surface area contributed by atoms with E-state index in [0.29, 0.717) is 6.54 Å². The molecule has 0 heterocycles. The molecule has 6 heteroatoms. The van der Waals surface area contributed by atoms with Crippen molar-refractivity contribution in [3.05, 3.63) is 27.1 Å². The van der Waals surface area contributed by atoms with Crippen LogP contribution in [0, 0.1) is 0 Å². The van der Waals surface area contributed by atoms with E-state index in [9.17, 15) is 8.42 Å². The van der Waals surface area contributed by atoms with Crippen molar-refractivity contribution in [3.8, 4) is 0 Å². The third-order valence-electron chi connectivity index (χ3n) is 2.12. The van der Waals surface area contributed by atoms with Gasteiger partial charge in [0, 0.05) is 21.2 Å². The Morgan fingerprint density at radius 2 is 1.81 bits per heavy atom. The number of para-hydroxylation sites is 1. The van der Waals surface area contributed by atoms with Gasteiger partial charge in [-0.2, -0.15) is 0 Å². The summed E-state index contributed by atoms with van der Waals surface area (Å²) in [7, 11) is -2.91. The van der Waals surface area contributed by atoms with Gasteiger partial charge in [0.2, 0.25) is 0 Å². The van der Waals surface area contributed by atoms with E-state index in [1.165, 1.54) is 0 Å². The summed E-state index contributed by atoms with van der Waals surface area (Å²) in [5.41, 5.74) is 0.883. The Kier molecular flexibility index (Phi) is 5.27. The van der Waals surface area contributed by atoms with E-state index in [-0.39, 0.29) is 11.5 Å². The van der Waals surface area contributed by atoms with Crippen molar-refractivity contribution in [3.63, 3.8) is 0 Å². The second-order valence-corrected chi connectivity index (χ2v) is 7.44. The van der Waals surface area contributed by atoms with Crippen molar-refractivity contribution in [2.75, 3.05) is 23.4 Å². The highest BCUT2D eigenvalue weighted by Crippen LogP contribution is 2.30. The average Bonchev–Trinajstić information content (AvgIpc) is 2.22. The molecule has 0 atom stereocenters. The second kappa shape index (κ2) is 6.02. The van der Waals surface area contributed by atoms with Crippen molar-refractivity contribution in [2.24, 2.45) is 0 Å². The van der Waals surface area contributed by atoms with Crippen molar-refractivity contribution in [1.29, 1.82) is 0 Å². The van der Waals surface area contributed by atoms with E-state index in [2.05, 4.69) is 37.2 Å². The molecule has 0 aliphatic heterocycles. The Labute approximate surface area is 113 Å². The maximum atomic E-state index is 11.3. The van der Waals surface area contributed by atoms with Gasteiger partial charge in [-0.25, -0.2) is 8.42 Å². The molecule has 0 fully saturated rings. The summed E-state index contributed by atoms with van der Waals surface area (Å²) in [6.07, 6.45) is 0. The minimum atomic E-state index is -2.91. The zero-order valence-corrected chi connectivity index (χ0v) is 12.8. The van der Waals surface area contributed by atoms with Gasteiger partial charge in [0.15, 0.2) is 9.84 Å². The molecule has 1 aromatic carbocycles. The molecule has 0 radical (unpaired) electrons. The first-order chi connectivity index (χ1) is 7.46. The van der Waals surface area contributed by atoms with E-state index in [0.717, 1.165) is 14.6 Å². The summed E-state index contributed by atoms with van der Waals surface area (Å²) in [4.78, 5) is 0. The molecule has 16 heavy (non-hydrogen) atoms. The number of halogens is 2. The van der Waals surface area contributed by atoms with Crippen LogP contribution >= 0.6 is 31.9 Å². The van der Waals surface area contributed by atoms with Crippen LogP contribution in [0.4, 0.5) is 5.69 Å². The fraction of sp³-hybridized carbons (Fsp3) is 0.400. The normalized spacial score (nSPS) is 11.4. The molecule has 1 rings (SSSR count). The Morgan fingerprint density at radius 3 is 2.31 bits per heavy atom. The van der Waals surface area contributed by atoms with Crippen LogP contribution in [0.5, 0.6) is 0 Å². The molecule has 0 spiro atoms. The molecular formula is C10H13Br2NO2S. The van der Waals surface area contributed by atoms with Gasteiger partial charge in [-0.1, -0.05) is 13.0 Å². The number of sulfone groups is 1. The van der Waals surface area contributed by atoms with Gasteiger partial charge in [0.05, 0.1) is 11.4 Å². The zero-order valence-electron chi connectivity index (χ0n) is 8.83. The minimum Gasteiger partial charge on any atom is -0.382 e. The molecule has 1 aromatic rings. The minimum absolute atomic E-state index is 0.150. The van der Waals surface area contributed by atoms with Crippen LogP contribution in [0.3, 0.4) is 0 Å². The number of hydrogen-bond donors (Lipinski definition) is 1. The highest BCUT2D eigenvalue weighted by atomic mass is 79.9. The third-order valence-corrected chi connectivity index (χ3v) is 5.14. The predicted molar refractivity (Wildman–Crippen MR) is 74.7 cm³/mol. The van der Waals surface area contributed by atoms with E-state index in [1.807, 2.05) is 18.2 Å². The molecule has 0 amide bonds. The standard InChI is InChI=1S/C10H13Br2NO2S/c1-2-16(14,15)7-6-13-10-8(11)4-3-5-9(10)12/h3-5,13H,2,6-7H2,1H3. The van der Waals surface area contributed by atoms with Gasteiger partial charge in [0.1, 0.15) is 0 Å². The lowest BCUT2D eigenvalue weighted by Crippen LogP contribution is -2.17. The van der Waals surface area contributed by atoms with Gasteiger partial charge in [0.25, 0.3) is 0 Å². The average molecular weight is 371 g/mol. The Morgan fingerprint density at radius 1 is 1.25 bits per heavy atom. The lowest BCUT2D eigenvalue weighted by Gasteiger charge is -2.10. The molecule has 0 bridgehead atoms. The number of anilines is 1. The van der Waals surface area contributed by atoms with Crippen LogP contribution in [-0.4, -0.2) is 26.5 Å². The number of nitrogens with one attached hydrogen (secondary N) is 1. The maximum absolute atomic E-state index is 11.3. The molecule has 0 unspecified atom stereocenters. The lowest BCUT2D eigenvalue weighted by atomic mass is 10.3. The number of benzene rings is 1. The van der Waals surface area contributed by atoms with Crippen LogP contribution in [0.1, 0.15) is 6.92 Å². The van der Waals surface area contributed by atoms with Crippen molar-refractivity contribution in [2.45, 2.75) is 6.92 Å². The van der Waals surface area contributed by atoms with Crippen LogP contribution in [0.2, 0.25) is 0 Å². The number of rotatable bonds is 5. The van der Waals surface area contributed by atoms with Crippen LogP contribution < -0.4 is 5.32 Å². The van der Waals surface area contributed by atoms with Crippen molar-refractivity contribution < 1.29 is 8.42 Å². The first-order valence-corrected chi connectivity index (χ1v) is 8.25. The summed E-state index contributed by atoms with van der Waals surface area (Å²) in [6.45, 7) is 2.07. The summed E-state index contributed by atoms with van der Waals surface area (Å²) < 4.78 is 24.4. The molecule has 3 nitrogen and oxygen atoms in total. The Balaban J connectivity index is 2.62. The smallest absolute Gasteiger partial charge is 0.151 e. The van der Waals surface area contributed by atoms with Crippen LogP contribution in [0.15, 0.2) is 27.1 Å². The molecule has 0 saturated heterocycles. The van der Waals surface area contributed by atoms with Crippen LogP contribution in [-0.2, 0) is 9.84 Å². The molecule has 0 aromatic heterocycles. The SMILES string of the molecule is CCS(=O)(=O)CCNc1c(Br)cccc1Br. The maximum Gasteiger partial charge on any atom is 0.151 e. The predicted octanol–water partition coefficient (Wildman–Crippen LogP) is 3.06. The van der Waals surface area contributed by atoms with Gasteiger partial charge < -0.3 is 5.32 Å². The number of hydrogen-bond acceptors (Lipinski definition) is 3. The second-order valence-electron chi connectivity index (χ2n) is 3.26. The highest BCUT2D eigenvalue weighted by molar-refractivity contribution is 9.11. The fourth-order valence-electron chi connectivity index (χ4n) is 1.14. The fourth-order valence-corrected chi connectivity index (χ4v) is 3.12. The quantitative estimate of drug-likeness (QED) is 0.866. The Hall–Kier alpha value is -0.0700. The molecule has 90 valence electrons. The zero-order chi connectivity index (χ0) is 12.2. The summed E-state index contributed by atoms with van der Waals surface area (Å²) in [5, 5.41) is 3.10. The summed E-state index contributed by atoms with van der Waals surface area (Å²) in [6, 6.07) is 5.71. The van der Waals surface area contributed by atoms with Gasteiger partial charge in [-0.05, 0) is 44.0 Å². The summed E-state index contributed by atoms with van der Waals surface area (Å²) in [5.74, 6) is 0.336. The van der Waals surface area contributed by atoms with Gasteiger partial charge in [-0.3, -0.25) is 0 Å². The monoisotopic (exact) mass is 369 g/mol. The molecule has 0 aliphatic carbocycles. The van der Waals surface area contributed by atoms with Gasteiger partial charge in [-0.15, -0.1) is 0 Å². The highest BCUT2D eigenvalue weighted by Gasteiger charge is 2.08. The summed E-state index contributed by atoms with van der Waals surface area (Å²) >= 11 is 6.81. The first kappa shape index (κ1) is 14.0.